The van der Waals surface area contributed by atoms with E-state index in [0.29, 0.717) is 6.54 Å². The molecule has 1 aliphatic carbocycles. The van der Waals surface area contributed by atoms with Crippen molar-refractivity contribution >= 4 is 16.7 Å². The van der Waals surface area contributed by atoms with Crippen LogP contribution in [0, 0.1) is 5.92 Å². The van der Waals surface area contributed by atoms with E-state index in [4.69, 9.17) is 5.14 Å². The van der Waals surface area contributed by atoms with Gasteiger partial charge in [0.05, 0.1) is 0 Å². The highest BCUT2D eigenvalue weighted by molar-refractivity contribution is 7.80. The fraction of sp³-hybridized carbons (Fsp3) is 0.579. The van der Waals surface area contributed by atoms with E-state index in [-0.39, 0.29) is 0 Å². The van der Waals surface area contributed by atoms with Crippen molar-refractivity contribution in [2.24, 2.45) is 11.1 Å². The lowest BCUT2D eigenvalue weighted by molar-refractivity contribution is 0.534. The molecule has 2 unspecified atom stereocenters. The summed E-state index contributed by atoms with van der Waals surface area (Å²) in [5.74, 6) is 0.825. The van der Waals surface area contributed by atoms with Gasteiger partial charge in [-0.2, -0.15) is 0 Å². The predicted octanol–water partition coefficient (Wildman–Crippen LogP) is 4.61. The molecule has 3 nitrogen and oxygen atoms in total. The van der Waals surface area contributed by atoms with E-state index in [1.165, 1.54) is 36.0 Å². The summed E-state index contributed by atoms with van der Waals surface area (Å²) < 4.78 is 13.4. The van der Waals surface area contributed by atoms with E-state index in [0.717, 1.165) is 12.3 Å². The van der Waals surface area contributed by atoms with Gasteiger partial charge in [-0.3, -0.25) is 0 Å². The van der Waals surface area contributed by atoms with Crippen molar-refractivity contribution in [2.75, 3.05) is 6.54 Å². The summed E-state index contributed by atoms with van der Waals surface area (Å²) >= 11 is -1.41. The molecule has 132 valence electrons. The molecule has 1 aromatic rings. The molecule has 0 heterocycles. The van der Waals surface area contributed by atoms with Crippen molar-refractivity contribution in [3.63, 3.8) is 0 Å². The molecule has 0 saturated carbocycles. The van der Waals surface area contributed by atoms with Crippen molar-refractivity contribution in [1.29, 1.82) is 0 Å². The van der Waals surface area contributed by atoms with Gasteiger partial charge in [0.25, 0.3) is 0 Å². The number of hydrogen-bond acceptors (Lipinski definition) is 1. The highest BCUT2D eigenvalue weighted by Gasteiger charge is 2.11. The second kappa shape index (κ2) is 13.5. The lowest BCUT2D eigenvalue weighted by Crippen LogP contribution is -2.25. The molecule has 1 aromatic carbocycles. The van der Waals surface area contributed by atoms with Crippen LogP contribution in [0.3, 0.4) is 0 Å². The van der Waals surface area contributed by atoms with Crippen LogP contribution in [0.25, 0.3) is 5.57 Å². The number of rotatable bonds is 5. The van der Waals surface area contributed by atoms with Crippen LogP contribution in [0.4, 0.5) is 0 Å². The highest BCUT2D eigenvalue weighted by atomic mass is 32.2. The van der Waals surface area contributed by atoms with Crippen LogP contribution in [-0.2, 0) is 17.6 Å². The van der Waals surface area contributed by atoms with Crippen LogP contribution < -0.4 is 9.86 Å². The largest absolute Gasteiger partial charge is 0.239 e. The molecule has 0 spiro atoms. The van der Waals surface area contributed by atoms with Crippen LogP contribution in [-0.4, -0.2) is 10.8 Å². The Labute approximate surface area is 145 Å². The molecular formula is C19H34N2OS. The SMILES string of the molecule is CC.CC.CC1CC=C(c2ccc(CCNS(N)=O)cc2)CC1. The molecule has 0 bridgehead atoms. The summed E-state index contributed by atoms with van der Waals surface area (Å²) in [6, 6.07) is 8.68. The van der Waals surface area contributed by atoms with Crippen molar-refractivity contribution in [3.05, 3.63) is 41.5 Å². The number of allylic oxidation sites excluding steroid dienone is 2. The third-order valence-corrected chi connectivity index (χ3v) is 4.14. The first kappa shape index (κ1) is 22.0. The number of nitrogens with two attached hydrogens (primary N) is 1. The van der Waals surface area contributed by atoms with Gasteiger partial charge < -0.3 is 0 Å². The lowest BCUT2D eigenvalue weighted by atomic mass is 9.87. The Kier molecular flexibility index (Phi) is 12.9. The highest BCUT2D eigenvalue weighted by Crippen LogP contribution is 2.29. The first-order chi connectivity index (χ1) is 11.1. The fourth-order valence-electron chi connectivity index (χ4n) is 2.41. The van der Waals surface area contributed by atoms with E-state index in [1.54, 1.807) is 0 Å². The molecule has 0 saturated heterocycles. The second-order valence-electron chi connectivity index (χ2n) is 5.25. The quantitative estimate of drug-likeness (QED) is 0.809. The van der Waals surface area contributed by atoms with Gasteiger partial charge in [-0.25, -0.2) is 14.1 Å². The maximum Gasteiger partial charge on any atom is 0.164 e. The summed E-state index contributed by atoms with van der Waals surface area (Å²) in [4.78, 5) is 0. The van der Waals surface area contributed by atoms with E-state index < -0.39 is 11.2 Å². The maximum absolute atomic E-state index is 10.7. The number of hydrogen-bond donors (Lipinski definition) is 2. The summed E-state index contributed by atoms with van der Waals surface area (Å²) in [5, 5.41) is 5.14. The summed E-state index contributed by atoms with van der Waals surface area (Å²) in [6.07, 6.45) is 6.90. The minimum absolute atomic E-state index is 0.642. The Morgan fingerprint density at radius 1 is 1.17 bits per heavy atom. The molecule has 0 aliphatic heterocycles. The third-order valence-electron chi connectivity index (χ3n) is 3.66. The van der Waals surface area contributed by atoms with Crippen LogP contribution in [0.15, 0.2) is 30.3 Å². The fourth-order valence-corrected chi connectivity index (χ4v) is 2.71. The van der Waals surface area contributed by atoms with Gasteiger partial charge in [-0.05, 0) is 48.3 Å². The minimum atomic E-state index is -1.41. The number of benzene rings is 1. The molecule has 2 rings (SSSR count). The second-order valence-corrected chi connectivity index (χ2v) is 6.13. The minimum Gasteiger partial charge on any atom is -0.239 e. The average Bonchev–Trinajstić information content (AvgIpc) is 2.60. The first-order valence-electron chi connectivity index (χ1n) is 8.83. The van der Waals surface area contributed by atoms with Gasteiger partial charge in [0.15, 0.2) is 11.2 Å². The van der Waals surface area contributed by atoms with Gasteiger partial charge in [0.1, 0.15) is 0 Å². The van der Waals surface area contributed by atoms with E-state index >= 15 is 0 Å². The molecule has 23 heavy (non-hydrogen) atoms. The zero-order chi connectivity index (χ0) is 17.7. The first-order valence-corrected chi connectivity index (χ1v) is 10.0. The predicted molar refractivity (Wildman–Crippen MR) is 104 cm³/mol. The normalized spacial score (nSPS) is 17.8. The van der Waals surface area contributed by atoms with Crippen LogP contribution >= 0.6 is 0 Å². The van der Waals surface area contributed by atoms with E-state index in [9.17, 15) is 4.21 Å². The van der Waals surface area contributed by atoms with Gasteiger partial charge >= 0.3 is 0 Å². The van der Waals surface area contributed by atoms with E-state index in [1.807, 2.05) is 27.7 Å². The summed E-state index contributed by atoms with van der Waals surface area (Å²) in [7, 11) is 0. The van der Waals surface area contributed by atoms with Gasteiger partial charge in [0.2, 0.25) is 0 Å². The van der Waals surface area contributed by atoms with Gasteiger partial charge in [-0.15, -0.1) is 0 Å². The van der Waals surface area contributed by atoms with Crippen LogP contribution in [0.2, 0.25) is 0 Å². The van der Waals surface area contributed by atoms with Crippen LogP contribution in [0.1, 0.15) is 65.0 Å². The zero-order valence-electron chi connectivity index (χ0n) is 15.4. The zero-order valence-corrected chi connectivity index (χ0v) is 16.2. The van der Waals surface area contributed by atoms with Gasteiger partial charge in [0, 0.05) is 6.54 Å². The topological polar surface area (TPSA) is 55.1 Å². The Morgan fingerprint density at radius 2 is 1.78 bits per heavy atom. The maximum atomic E-state index is 10.7. The van der Waals surface area contributed by atoms with Crippen molar-refractivity contribution in [1.82, 2.24) is 4.72 Å². The third kappa shape index (κ3) is 9.04. The monoisotopic (exact) mass is 338 g/mol. The molecule has 2 atom stereocenters. The summed E-state index contributed by atoms with van der Waals surface area (Å²) in [6.45, 7) is 11.0. The Bertz CT molecular complexity index is 469. The Hall–Kier alpha value is -0.970. The van der Waals surface area contributed by atoms with Gasteiger partial charge in [-0.1, -0.05) is 65.0 Å². The van der Waals surface area contributed by atoms with Crippen molar-refractivity contribution in [2.45, 2.75) is 60.3 Å². The average molecular weight is 339 g/mol. The molecule has 3 N–H and O–H groups in total. The molecule has 0 amide bonds. The molecule has 4 heteroatoms. The van der Waals surface area contributed by atoms with Crippen molar-refractivity contribution < 1.29 is 4.21 Å². The number of nitrogens with one attached hydrogen (secondary N) is 1. The molecule has 1 aliphatic rings. The van der Waals surface area contributed by atoms with E-state index in [2.05, 4.69) is 42.0 Å². The smallest absolute Gasteiger partial charge is 0.164 e. The Morgan fingerprint density at radius 3 is 2.26 bits per heavy atom. The molecular weight excluding hydrogens is 304 g/mol. The lowest BCUT2D eigenvalue weighted by Gasteiger charge is -2.18. The Balaban J connectivity index is 0.00000112. The standard InChI is InChI=1S/C15H22N2OS.2C2H6/c1-12-2-6-14(7-3-12)15-8-4-13(5-9-15)10-11-17-19(16)18;2*1-2/h4-6,8-9,12,17H,2-3,7,10-11,16H2,1H3;2*1-2H3. The van der Waals surface area contributed by atoms with Crippen LogP contribution in [0.5, 0.6) is 0 Å². The van der Waals surface area contributed by atoms with Crippen molar-refractivity contribution in [3.8, 4) is 0 Å². The molecule has 0 radical (unpaired) electrons. The molecule has 0 aromatic heterocycles. The molecule has 0 fully saturated rings. The summed E-state index contributed by atoms with van der Waals surface area (Å²) in [5.41, 5.74) is 4.06.